The van der Waals surface area contributed by atoms with Gasteiger partial charge in [-0.1, -0.05) is 30.3 Å². The van der Waals surface area contributed by atoms with Crippen molar-refractivity contribution in [2.75, 3.05) is 5.32 Å². The van der Waals surface area contributed by atoms with Crippen molar-refractivity contribution in [1.29, 1.82) is 0 Å². The van der Waals surface area contributed by atoms with E-state index in [0.29, 0.717) is 5.69 Å². The fourth-order valence-electron chi connectivity index (χ4n) is 2.89. The summed E-state index contributed by atoms with van der Waals surface area (Å²) < 4.78 is 14.7. The normalized spacial score (nSPS) is 11.2. The molecule has 0 bridgehead atoms. The Morgan fingerprint density at radius 2 is 1.86 bits per heavy atom. The van der Waals surface area contributed by atoms with Crippen LogP contribution in [-0.2, 0) is 4.79 Å². The number of anilines is 1. The topological polar surface area (TPSA) is 59.8 Å². The third-order valence-corrected chi connectivity index (χ3v) is 4.27. The Bertz CT molecular complexity index is 1160. The summed E-state index contributed by atoms with van der Waals surface area (Å²) in [6, 6.07) is 17.5. The quantitative estimate of drug-likeness (QED) is 0.536. The lowest BCUT2D eigenvalue weighted by molar-refractivity contribution is -0.111. The van der Waals surface area contributed by atoms with Gasteiger partial charge in [0.1, 0.15) is 5.82 Å². The number of fused-ring (bicyclic) bond motifs is 1. The van der Waals surface area contributed by atoms with Crippen LogP contribution in [0, 0.1) is 12.7 Å². The molecule has 0 spiro atoms. The Balaban J connectivity index is 1.56. The zero-order valence-corrected chi connectivity index (χ0v) is 15.1. The van der Waals surface area contributed by atoms with Gasteiger partial charge in [0.05, 0.1) is 23.3 Å². The van der Waals surface area contributed by atoms with E-state index in [1.54, 1.807) is 29.1 Å². The number of amides is 1. The summed E-state index contributed by atoms with van der Waals surface area (Å²) in [4.78, 5) is 16.7. The number of para-hydroxylation sites is 1. The number of carbonyl (C=O) groups excluding carboxylic acids is 1. The van der Waals surface area contributed by atoms with Crippen LogP contribution in [0.5, 0.6) is 0 Å². The zero-order valence-electron chi connectivity index (χ0n) is 15.1. The predicted octanol–water partition coefficient (Wildman–Crippen LogP) is 4.52. The van der Waals surface area contributed by atoms with E-state index in [1.165, 1.54) is 18.2 Å². The second-order valence-corrected chi connectivity index (χ2v) is 6.30. The van der Waals surface area contributed by atoms with Crippen LogP contribution in [0.25, 0.3) is 22.8 Å². The van der Waals surface area contributed by atoms with Crippen LogP contribution in [0.3, 0.4) is 0 Å². The predicted molar refractivity (Wildman–Crippen MR) is 108 cm³/mol. The zero-order chi connectivity index (χ0) is 19.5. The molecule has 4 aromatic rings. The van der Waals surface area contributed by atoms with Gasteiger partial charge in [-0.15, -0.1) is 0 Å². The van der Waals surface area contributed by atoms with Crippen LogP contribution in [0.1, 0.15) is 11.3 Å². The molecule has 0 aliphatic carbocycles. The summed E-state index contributed by atoms with van der Waals surface area (Å²) in [5, 5.41) is 8.22. The van der Waals surface area contributed by atoms with Crippen LogP contribution in [0.4, 0.5) is 10.1 Å². The number of aryl methyl sites for hydroxylation is 1. The van der Waals surface area contributed by atoms with Crippen molar-refractivity contribution < 1.29 is 9.18 Å². The Kier molecular flexibility index (Phi) is 4.68. The number of nitrogens with one attached hydrogen (secondary N) is 1. The molecule has 0 aliphatic rings. The number of rotatable bonds is 4. The van der Waals surface area contributed by atoms with Gasteiger partial charge in [0, 0.05) is 11.5 Å². The first kappa shape index (κ1) is 17.6. The average molecular weight is 372 g/mol. The standard InChI is InChI=1S/C22H17FN4O/c1-15-20-13-18(25-21(28)12-9-16-7-10-17(23)11-8-16)14-24-22(20)27(26-15)19-5-3-2-4-6-19/h2-14H,1H3,(H,25,28)/b12-9+. The number of hydrogen-bond acceptors (Lipinski definition) is 3. The monoisotopic (exact) mass is 372 g/mol. The van der Waals surface area contributed by atoms with Crippen molar-refractivity contribution in [2.45, 2.75) is 6.92 Å². The van der Waals surface area contributed by atoms with Crippen molar-refractivity contribution in [3.8, 4) is 5.69 Å². The van der Waals surface area contributed by atoms with Crippen LogP contribution < -0.4 is 5.32 Å². The van der Waals surface area contributed by atoms with E-state index in [1.807, 2.05) is 43.3 Å². The summed E-state index contributed by atoms with van der Waals surface area (Å²) >= 11 is 0. The molecule has 1 amide bonds. The molecule has 0 aliphatic heterocycles. The molecule has 0 saturated carbocycles. The summed E-state index contributed by atoms with van der Waals surface area (Å²) in [6.07, 6.45) is 4.63. The number of carbonyl (C=O) groups is 1. The van der Waals surface area contributed by atoms with Crippen LogP contribution in [0.2, 0.25) is 0 Å². The highest BCUT2D eigenvalue weighted by atomic mass is 19.1. The Morgan fingerprint density at radius 1 is 1.11 bits per heavy atom. The van der Waals surface area contributed by atoms with E-state index in [2.05, 4.69) is 15.4 Å². The second kappa shape index (κ2) is 7.44. The number of aromatic nitrogens is 3. The van der Waals surface area contributed by atoms with E-state index < -0.39 is 0 Å². The minimum Gasteiger partial charge on any atom is -0.321 e. The largest absolute Gasteiger partial charge is 0.321 e. The molecule has 0 unspecified atom stereocenters. The lowest BCUT2D eigenvalue weighted by Gasteiger charge is -2.04. The Morgan fingerprint density at radius 3 is 2.61 bits per heavy atom. The SMILES string of the molecule is Cc1nn(-c2ccccc2)c2ncc(NC(=O)/C=C/c3ccc(F)cc3)cc12. The van der Waals surface area contributed by atoms with Gasteiger partial charge in [-0.25, -0.2) is 14.1 Å². The maximum atomic E-state index is 12.9. The molecule has 4 rings (SSSR count). The van der Waals surface area contributed by atoms with Gasteiger partial charge in [0.15, 0.2) is 5.65 Å². The van der Waals surface area contributed by atoms with E-state index in [0.717, 1.165) is 28.0 Å². The molecule has 0 atom stereocenters. The van der Waals surface area contributed by atoms with Gasteiger partial charge in [0.25, 0.3) is 0 Å². The summed E-state index contributed by atoms with van der Waals surface area (Å²) in [5.41, 5.74) is 3.79. The Hall–Kier alpha value is -3.80. The number of pyridine rings is 1. The van der Waals surface area contributed by atoms with Gasteiger partial charge in [0.2, 0.25) is 5.91 Å². The van der Waals surface area contributed by atoms with Crippen LogP contribution >= 0.6 is 0 Å². The molecule has 2 aromatic carbocycles. The smallest absolute Gasteiger partial charge is 0.248 e. The van der Waals surface area contributed by atoms with Crippen LogP contribution in [0.15, 0.2) is 72.9 Å². The van der Waals surface area contributed by atoms with E-state index in [4.69, 9.17) is 0 Å². The van der Waals surface area contributed by atoms with Crippen LogP contribution in [-0.4, -0.2) is 20.7 Å². The molecular weight excluding hydrogens is 355 g/mol. The number of hydrogen-bond donors (Lipinski definition) is 1. The van der Waals surface area contributed by atoms with Gasteiger partial charge in [-0.3, -0.25) is 4.79 Å². The molecule has 1 N–H and O–H groups in total. The maximum Gasteiger partial charge on any atom is 0.248 e. The average Bonchev–Trinajstić information content (AvgIpc) is 3.04. The first-order valence-electron chi connectivity index (χ1n) is 8.75. The summed E-state index contributed by atoms with van der Waals surface area (Å²) in [5.74, 6) is -0.606. The highest BCUT2D eigenvalue weighted by molar-refractivity contribution is 6.02. The maximum absolute atomic E-state index is 12.9. The van der Waals surface area contributed by atoms with Crippen molar-refractivity contribution >= 4 is 28.7 Å². The van der Waals surface area contributed by atoms with Crippen molar-refractivity contribution in [1.82, 2.24) is 14.8 Å². The molecule has 138 valence electrons. The lowest BCUT2D eigenvalue weighted by atomic mass is 10.2. The van der Waals surface area contributed by atoms with Crippen molar-refractivity contribution in [3.05, 3.63) is 90.0 Å². The second-order valence-electron chi connectivity index (χ2n) is 6.30. The lowest BCUT2D eigenvalue weighted by Crippen LogP contribution is -2.08. The number of nitrogens with zero attached hydrogens (tertiary/aromatic N) is 3. The molecule has 2 aromatic heterocycles. The summed E-state index contributed by atoms with van der Waals surface area (Å²) in [7, 11) is 0. The van der Waals surface area contributed by atoms with Gasteiger partial charge >= 0.3 is 0 Å². The van der Waals surface area contributed by atoms with Crippen molar-refractivity contribution in [3.63, 3.8) is 0 Å². The molecule has 6 heteroatoms. The molecule has 2 heterocycles. The number of halogens is 1. The van der Waals surface area contributed by atoms with E-state index in [-0.39, 0.29) is 11.7 Å². The molecular formula is C22H17FN4O. The first-order valence-corrected chi connectivity index (χ1v) is 8.75. The van der Waals surface area contributed by atoms with Crippen molar-refractivity contribution in [2.24, 2.45) is 0 Å². The van der Waals surface area contributed by atoms with E-state index >= 15 is 0 Å². The third-order valence-electron chi connectivity index (χ3n) is 4.27. The van der Waals surface area contributed by atoms with E-state index in [9.17, 15) is 9.18 Å². The summed E-state index contributed by atoms with van der Waals surface area (Å²) in [6.45, 7) is 1.91. The minimum absolute atomic E-state index is 0.293. The van der Waals surface area contributed by atoms with Gasteiger partial charge in [-0.2, -0.15) is 5.10 Å². The fourth-order valence-corrected chi connectivity index (χ4v) is 2.89. The third kappa shape index (κ3) is 3.66. The van der Waals surface area contributed by atoms with Gasteiger partial charge in [-0.05, 0) is 48.9 Å². The molecule has 0 radical (unpaired) electrons. The molecule has 28 heavy (non-hydrogen) atoms. The molecule has 5 nitrogen and oxygen atoms in total. The fraction of sp³-hybridized carbons (Fsp3) is 0.0455. The highest BCUT2D eigenvalue weighted by Gasteiger charge is 2.11. The number of benzene rings is 2. The van der Waals surface area contributed by atoms with Gasteiger partial charge < -0.3 is 5.32 Å². The first-order chi connectivity index (χ1) is 13.6. The Labute approximate surface area is 161 Å². The minimum atomic E-state index is -0.313. The molecule has 0 fully saturated rings. The molecule has 0 saturated heterocycles. The highest BCUT2D eigenvalue weighted by Crippen LogP contribution is 2.22.